The van der Waals surface area contributed by atoms with Crippen LogP contribution in [0.3, 0.4) is 0 Å². The summed E-state index contributed by atoms with van der Waals surface area (Å²) in [4.78, 5) is 37.6. The smallest absolute Gasteiger partial charge is 0.339 e. The van der Waals surface area contributed by atoms with Gasteiger partial charge in [-0.3, -0.25) is 4.79 Å². The van der Waals surface area contributed by atoms with E-state index in [0.717, 1.165) is 31.6 Å². The van der Waals surface area contributed by atoms with Gasteiger partial charge >= 0.3 is 11.9 Å². The van der Waals surface area contributed by atoms with Crippen molar-refractivity contribution in [2.75, 3.05) is 19.6 Å². The van der Waals surface area contributed by atoms with Crippen LogP contribution in [-0.4, -0.2) is 67.8 Å². The molecule has 1 fully saturated rings. The minimum atomic E-state index is -1.28. The minimum Gasteiger partial charge on any atom is -0.507 e. The number of rotatable bonds is 10. The molecule has 9 nitrogen and oxygen atoms in total. The normalized spacial score (nSPS) is 13.9. The summed E-state index contributed by atoms with van der Waals surface area (Å²) in [6.45, 7) is 2.41. The van der Waals surface area contributed by atoms with E-state index < -0.39 is 29.0 Å². The number of hydrogen-bond donors (Lipinski definition) is 5. The van der Waals surface area contributed by atoms with Crippen molar-refractivity contribution in [1.82, 2.24) is 4.90 Å². The van der Waals surface area contributed by atoms with Gasteiger partial charge in [0.2, 0.25) is 0 Å². The van der Waals surface area contributed by atoms with E-state index in [2.05, 4.69) is 4.90 Å². The lowest BCUT2D eigenvalue weighted by Gasteiger charge is -2.38. The number of piperidine rings is 1. The number of carboxylic acid groups (broad SMARTS) is 2. The van der Waals surface area contributed by atoms with E-state index in [-0.39, 0.29) is 29.1 Å². The highest BCUT2D eigenvalue weighted by molar-refractivity contribution is 6.30. The molecule has 0 aromatic heterocycles. The fourth-order valence-corrected chi connectivity index (χ4v) is 7.25. The predicted molar refractivity (Wildman–Crippen MR) is 209 cm³/mol. The van der Waals surface area contributed by atoms with E-state index in [1.165, 1.54) is 36.4 Å². The molecule has 5 N–H and O–H groups in total. The highest BCUT2D eigenvalue weighted by atomic mass is 35.5. The fraction of sp³-hybridized carbons (Fsp3) is 0.205. The van der Waals surface area contributed by atoms with E-state index >= 15 is 0 Å². The predicted octanol–water partition coefficient (Wildman–Crippen LogP) is 8.82. The molecule has 0 atom stereocenters. The number of fused-ring (bicyclic) bond motifs is 2. The average molecular weight is 764 g/mol. The molecule has 1 aliphatic rings. The Bertz CT molecular complexity index is 2270. The van der Waals surface area contributed by atoms with Crippen LogP contribution in [-0.2, 0) is 12.0 Å². The third-order valence-electron chi connectivity index (χ3n) is 10.2. The molecule has 11 heteroatoms. The maximum absolute atomic E-state index is 12.9. The minimum absolute atomic E-state index is 0.0407. The quantitative estimate of drug-likeness (QED) is 0.0861. The average Bonchev–Trinajstić information content (AvgIpc) is 3.17. The lowest BCUT2D eigenvalue weighted by molar-refractivity contribution is -0.0260. The maximum Gasteiger partial charge on any atom is 0.339 e. The molecule has 0 radical (unpaired) electrons. The number of nitrogens with zero attached hydrogens (tertiary/aromatic N) is 1. The Morgan fingerprint density at radius 2 is 1.20 bits per heavy atom. The Labute approximate surface area is 321 Å². The number of Topliss-reactive ketones (excluding diaryl/α,β-unsaturated/α-hetero) is 1. The monoisotopic (exact) mass is 763 g/mol. The van der Waals surface area contributed by atoms with E-state index in [1.807, 2.05) is 24.3 Å². The van der Waals surface area contributed by atoms with Crippen LogP contribution in [0.5, 0.6) is 11.5 Å². The molecule has 6 aromatic rings. The van der Waals surface area contributed by atoms with E-state index in [9.17, 15) is 44.3 Å². The van der Waals surface area contributed by atoms with Crippen LogP contribution in [0.15, 0.2) is 109 Å². The van der Waals surface area contributed by atoms with Crippen molar-refractivity contribution < 1.29 is 44.3 Å². The Morgan fingerprint density at radius 3 is 1.69 bits per heavy atom. The Hall–Kier alpha value is -5.81. The van der Waals surface area contributed by atoms with Gasteiger partial charge in [0.05, 0.1) is 5.60 Å². The first-order valence-electron chi connectivity index (χ1n) is 17.8. The zero-order chi connectivity index (χ0) is 39.3. The Balaban J connectivity index is 0.000000188. The molecule has 0 amide bonds. The molecule has 0 saturated carbocycles. The summed E-state index contributed by atoms with van der Waals surface area (Å²) >= 11 is 5.92. The van der Waals surface area contributed by atoms with Crippen LogP contribution in [0.25, 0.3) is 21.5 Å². The number of aliphatic hydroxyl groups is 1. The molecule has 0 aliphatic carbocycles. The molecule has 0 spiro atoms. The summed E-state index contributed by atoms with van der Waals surface area (Å²) < 4.78 is 12.9. The van der Waals surface area contributed by atoms with Crippen molar-refractivity contribution in [3.63, 3.8) is 0 Å². The van der Waals surface area contributed by atoms with Crippen molar-refractivity contribution in [3.05, 3.63) is 153 Å². The van der Waals surface area contributed by atoms with Gasteiger partial charge in [-0.2, -0.15) is 0 Å². The highest BCUT2D eigenvalue weighted by Gasteiger charge is 2.33. The lowest BCUT2D eigenvalue weighted by Crippen LogP contribution is -2.42. The van der Waals surface area contributed by atoms with Gasteiger partial charge < -0.3 is 30.4 Å². The lowest BCUT2D eigenvalue weighted by atomic mass is 9.84. The molecule has 1 saturated heterocycles. The van der Waals surface area contributed by atoms with Crippen molar-refractivity contribution in [1.29, 1.82) is 0 Å². The van der Waals surface area contributed by atoms with Gasteiger partial charge in [-0.1, -0.05) is 72.3 Å². The fourth-order valence-electron chi connectivity index (χ4n) is 7.12. The summed E-state index contributed by atoms with van der Waals surface area (Å²) in [5.74, 6) is -3.64. The molecule has 282 valence electrons. The summed E-state index contributed by atoms with van der Waals surface area (Å²) in [7, 11) is 0. The first kappa shape index (κ1) is 38.9. The molecule has 55 heavy (non-hydrogen) atoms. The SMILES string of the molecule is O=C(CCCN1CCC(O)(c2ccc(Cl)cc2)CC1)c1ccc(F)cc1.O=C(O)c1cc2ccccc2c(Cc2c(O)c(C(=O)O)cc3ccccc23)c1O. The van der Waals surface area contributed by atoms with Crippen LogP contribution in [0, 0.1) is 5.82 Å². The third kappa shape index (κ3) is 8.78. The van der Waals surface area contributed by atoms with E-state index in [1.54, 1.807) is 48.5 Å². The Morgan fingerprint density at radius 1 is 0.709 bits per heavy atom. The number of benzene rings is 6. The van der Waals surface area contributed by atoms with Gasteiger partial charge in [0, 0.05) is 47.6 Å². The molecule has 6 aromatic carbocycles. The molecular weight excluding hydrogens is 725 g/mol. The van der Waals surface area contributed by atoms with Gasteiger partial charge in [-0.25, -0.2) is 14.0 Å². The largest absolute Gasteiger partial charge is 0.507 e. The van der Waals surface area contributed by atoms with Crippen LogP contribution < -0.4 is 0 Å². The van der Waals surface area contributed by atoms with Crippen molar-refractivity contribution in [3.8, 4) is 11.5 Å². The van der Waals surface area contributed by atoms with Crippen LogP contribution in [0.1, 0.15) is 73.4 Å². The van der Waals surface area contributed by atoms with E-state index in [4.69, 9.17) is 11.6 Å². The van der Waals surface area contributed by atoms with Crippen LogP contribution >= 0.6 is 11.6 Å². The van der Waals surface area contributed by atoms with Gasteiger partial charge in [0.25, 0.3) is 0 Å². The number of likely N-dealkylation sites (tertiary alicyclic amines) is 1. The number of carbonyl (C=O) groups is 3. The molecule has 7 rings (SSSR count). The number of carboxylic acids is 2. The second kappa shape index (κ2) is 16.7. The summed E-state index contributed by atoms with van der Waals surface area (Å²) in [5, 5.41) is 54.3. The number of phenols is 2. The number of carbonyl (C=O) groups excluding carboxylic acids is 1. The molecule has 1 aliphatic heterocycles. The van der Waals surface area contributed by atoms with Crippen molar-refractivity contribution in [2.45, 2.75) is 37.7 Å². The standard InChI is InChI=1S/C23H16O6.C21H23ClFNO2/c24-20-16(14-7-3-1-5-12(14)9-18(20)22(26)27)11-17-15-8-4-2-6-13(15)10-19(21(17)25)23(28)29;22-18-7-5-17(6-8-18)21(26)11-14-24(15-12-21)13-1-2-20(25)16-3-9-19(23)10-4-16/h1-10,24-25H,11H2,(H,26,27)(H,28,29);3-10,26H,1-2,11-15H2. The topological polar surface area (TPSA) is 156 Å². The highest BCUT2D eigenvalue weighted by Crippen LogP contribution is 2.39. The second-order valence-electron chi connectivity index (χ2n) is 13.6. The van der Waals surface area contributed by atoms with Crippen molar-refractivity contribution in [2.24, 2.45) is 0 Å². The number of ketones is 1. The maximum atomic E-state index is 12.9. The first-order chi connectivity index (χ1) is 26.3. The van der Waals surface area contributed by atoms with Gasteiger partial charge in [-0.05, 0) is 101 Å². The van der Waals surface area contributed by atoms with Gasteiger partial charge in [-0.15, -0.1) is 0 Å². The van der Waals surface area contributed by atoms with Crippen LogP contribution in [0.4, 0.5) is 4.39 Å². The zero-order valence-electron chi connectivity index (χ0n) is 29.7. The third-order valence-corrected chi connectivity index (χ3v) is 10.4. The first-order valence-corrected chi connectivity index (χ1v) is 18.2. The molecule has 0 unspecified atom stereocenters. The second-order valence-corrected chi connectivity index (χ2v) is 14.1. The van der Waals surface area contributed by atoms with Gasteiger partial charge in [0.15, 0.2) is 5.78 Å². The molecule has 0 bridgehead atoms. The Kier molecular flexibility index (Phi) is 11.8. The number of hydrogen-bond acceptors (Lipinski definition) is 7. The number of aromatic hydroxyl groups is 2. The number of halogens is 2. The van der Waals surface area contributed by atoms with Crippen molar-refractivity contribution >= 4 is 50.9 Å². The summed E-state index contributed by atoms with van der Waals surface area (Å²) in [6, 6.07) is 29.9. The summed E-state index contributed by atoms with van der Waals surface area (Å²) in [6.07, 6.45) is 2.50. The van der Waals surface area contributed by atoms with Gasteiger partial charge in [0.1, 0.15) is 28.4 Å². The zero-order valence-corrected chi connectivity index (χ0v) is 30.5. The molecule has 1 heterocycles. The number of aromatic carboxylic acids is 2. The van der Waals surface area contributed by atoms with E-state index in [0.29, 0.717) is 62.5 Å². The van der Waals surface area contributed by atoms with Crippen LogP contribution in [0.2, 0.25) is 5.02 Å². The molecular formula is C44H39ClFNO8. The summed E-state index contributed by atoms with van der Waals surface area (Å²) in [5.41, 5.74) is 0.779.